The van der Waals surface area contributed by atoms with Crippen LogP contribution in [0.3, 0.4) is 0 Å². The molecule has 4 rings (SSSR count). The van der Waals surface area contributed by atoms with Crippen molar-refractivity contribution in [3.63, 3.8) is 0 Å². The Morgan fingerprint density at radius 2 is 1.97 bits per heavy atom. The molecule has 0 aliphatic heterocycles. The van der Waals surface area contributed by atoms with Crippen LogP contribution in [0.2, 0.25) is 0 Å². The van der Waals surface area contributed by atoms with Crippen LogP contribution in [0.25, 0.3) is 22.6 Å². The van der Waals surface area contributed by atoms with Gasteiger partial charge in [0, 0.05) is 17.8 Å². The van der Waals surface area contributed by atoms with Crippen LogP contribution in [0.1, 0.15) is 5.56 Å². The Hall–Kier alpha value is -4.20. The van der Waals surface area contributed by atoms with Crippen molar-refractivity contribution in [3.8, 4) is 23.0 Å². The van der Waals surface area contributed by atoms with Gasteiger partial charge in [0.05, 0.1) is 6.21 Å². The first-order valence-corrected chi connectivity index (χ1v) is 8.87. The third-order valence-corrected chi connectivity index (χ3v) is 4.33. The number of H-pyrrole nitrogens is 1. The van der Waals surface area contributed by atoms with E-state index in [0.717, 1.165) is 11.0 Å². The Kier molecular flexibility index (Phi) is 4.90. The van der Waals surface area contributed by atoms with Crippen LogP contribution in [0.4, 0.5) is 0 Å². The lowest BCUT2D eigenvalue weighted by atomic mass is 10.2. The van der Waals surface area contributed by atoms with Crippen molar-refractivity contribution in [2.45, 2.75) is 6.54 Å². The molecule has 2 aromatic heterocycles. The quantitative estimate of drug-likeness (QED) is 0.238. The van der Waals surface area contributed by atoms with Gasteiger partial charge in [-0.25, -0.2) is 20.0 Å². The second-order valence-electron chi connectivity index (χ2n) is 6.33. The summed E-state index contributed by atoms with van der Waals surface area (Å²) in [5, 5.41) is 23.0. The van der Waals surface area contributed by atoms with Crippen LogP contribution in [0, 0.1) is 0 Å². The predicted octanol–water partition coefficient (Wildman–Crippen LogP) is 2.08. The first-order chi connectivity index (χ1) is 14.1. The number of benzene rings is 2. The van der Waals surface area contributed by atoms with Gasteiger partial charge in [0.25, 0.3) is 5.91 Å². The Bertz CT molecular complexity index is 1200. The summed E-state index contributed by atoms with van der Waals surface area (Å²) >= 11 is 0. The molecule has 0 aliphatic carbocycles. The summed E-state index contributed by atoms with van der Waals surface area (Å²) in [4.78, 5) is 20.2. The number of fused-ring (bicyclic) bond motifs is 1. The van der Waals surface area contributed by atoms with Crippen molar-refractivity contribution in [2.24, 2.45) is 5.10 Å². The molecule has 0 bridgehead atoms. The van der Waals surface area contributed by atoms with E-state index < -0.39 is 0 Å². The number of hydrazone groups is 1. The van der Waals surface area contributed by atoms with Crippen molar-refractivity contribution in [3.05, 3.63) is 72.4 Å². The van der Waals surface area contributed by atoms with Gasteiger partial charge in [0.1, 0.15) is 11.5 Å². The molecule has 0 fully saturated rings. The second kappa shape index (κ2) is 7.81. The topological polar surface area (TPSA) is 114 Å². The highest BCUT2D eigenvalue weighted by Gasteiger charge is 2.22. The minimum atomic E-state index is -0.341. The average Bonchev–Trinajstić information content (AvgIpc) is 3.09. The van der Waals surface area contributed by atoms with E-state index in [4.69, 9.17) is 0 Å². The molecule has 0 atom stereocenters. The number of nitrogens with one attached hydrogen (secondary N) is 2. The van der Waals surface area contributed by atoms with Crippen molar-refractivity contribution in [1.82, 2.24) is 15.4 Å². The Morgan fingerprint density at radius 3 is 2.76 bits per heavy atom. The molecule has 2 heterocycles. The number of hydrogen-bond acceptors (Lipinski definition) is 5. The molecule has 0 radical (unpaired) electrons. The maximum Gasteiger partial charge on any atom is 0.306 e. The summed E-state index contributed by atoms with van der Waals surface area (Å²) in [5.74, 6) is 0.182. The third-order valence-electron chi connectivity index (χ3n) is 4.33. The largest absolute Gasteiger partial charge is 0.508 e. The highest BCUT2D eigenvalue weighted by atomic mass is 16.3. The Morgan fingerprint density at radius 1 is 1.14 bits per heavy atom. The lowest BCUT2D eigenvalue weighted by Gasteiger charge is -2.02. The number of amides is 1. The SMILES string of the molecule is O=C(C[n+]1c(-c2ccccn2)[nH]c2ccccc21)N/N=C/c1ccc(O)cc1O. The number of rotatable bonds is 5. The van der Waals surface area contributed by atoms with Gasteiger partial charge in [0.15, 0.2) is 23.3 Å². The van der Waals surface area contributed by atoms with Crippen LogP contribution < -0.4 is 9.99 Å². The number of nitrogens with zero attached hydrogens (tertiary/aromatic N) is 3. The molecule has 0 unspecified atom stereocenters. The number of phenolic OH excluding ortho intramolecular Hbond substituents is 2. The highest BCUT2D eigenvalue weighted by molar-refractivity contribution is 5.85. The van der Waals surface area contributed by atoms with E-state index in [-0.39, 0.29) is 24.0 Å². The third kappa shape index (κ3) is 3.91. The fourth-order valence-corrected chi connectivity index (χ4v) is 2.99. The van der Waals surface area contributed by atoms with Crippen molar-refractivity contribution in [1.29, 1.82) is 0 Å². The molecule has 2 aromatic carbocycles. The molecule has 0 saturated carbocycles. The molecule has 0 saturated heterocycles. The van der Waals surface area contributed by atoms with Crippen LogP contribution in [0.5, 0.6) is 11.5 Å². The zero-order valence-corrected chi connectivity index (χ0v) is 15.3. The summed E-state index contributed by atoms with van der Waals surface area (Å²) in [6, 6.07) is 17.4. The van der Waals surface area contributed by atoms with E-state index in [9.17, 15) is 15.0 Å². The minimum Gasteiger partial charge on any atom is -0.508 e. The maximum atomic E-state index is 12.5. The summed E-state index contributed by atoms with van der Waals surface area (Å²) in [5.41, 5.74) is 5.30. The molecule has 1 amide bonds. The van der Waals surface area contributed by atoms with Gasteiger partial charge < -0.3 is 10.2 Å². The van der Waals surface area contributed by atoms with Gasteiger partial charge in [-0.1, -0.05) is 18.2 Å². The van der Waals surface area contributed by atoms with E-state index in [1.807, 2.05) is 47.0 Å². The number of imidazole rings is 1. The van der Waals surface area contributed by atoms with Crippen molar-refractivity contribution >= 4 is 23.2 Å². The fourth-order valence-electron chi connectivity index (χ4n) is 2.99. The summed E-state index contributed by atoms with van der Waals surface area (Å²) in [6.07, 6.45) is 3.01. The Balaban J connectivity index is 1.57. The smallest absolute Gasteiger partial charge is 0.306 e. The van der Waals surface area contributed by atoms with Crippen molar-refractivity contribution in [2.75, 3.05) is 0 Å². The molecule has 0 aliphatic rings. The van der Waals surface area contributed by atoms with E-state index in [1.165, 1.54) is 24.4 Å². The normalized spacial score (nSPS) is 11.2. The summed E-state index contributed by atoms with van der Waals surface area (Å²) in [7, 11) is 0. The maximum absolute atomic E-state index is 12.5. The molecule has 4 N–H and O–H groups in total. The Labute approximate surface area is 165 Å². The minimum absolute atomic E-state index is 0.0226. The van der Waals surface area contributed by atoms with Gasteiger partial charge in [-0.2, -0.15) is 5.10 Å². The lowest BCUT2D eigenvalue weighted by Crippen LogP contribution is -2.42. The zero-order valence-electron chi connectivity index (χ0n) is 15.3. The van der Waals surface area contributed by atoms with E-state index >= 15 is 0 Å². The molecule has 29 heavy (non-hydrogen) atoms. The standard InChI is InChI=1S/C21H17N5O3/c27-15-9-8-14(19(28)11-15)12-23-25-20(29)13-26-18-7-2-1-5-16(18)24-21(26)17-6-3-4-10-22-17/h1-12H,13H2,(H3,22,23,24,25,27,28,29)/p+1. The summed E-state index contributed by atoms with van der Waals surface area (Å²) in [6.45, 7) is 0.0226. The number of para-hydroxylation sites is 2. The van der Waals surface area contributed by atoms with Crippen molar-refractivity contribution < 1.29 is 19.6 Å². The molecule has 144 valence electrons. The number of aromatic nitrogens is 3. The van der Waals surface area contributed by atoms with E-state index in [2.05, 4.69) is 20.5 Å². The first kappa shape index (κ1) is 18.2. The zero-order chi connectivity index (χ0) is 20.2. The number of aromatic amines is 1. The highest BCUT2D eigenvalue weighted by Crippen LogP contribution is 2.20. The van der Waals surface area contributed by atoms with Gasteiger partial charge in [0.2, 0.25) is 0 Å². The molecule has 4 aromatic rings. The molecule has 0 spiro atoms. The molecular formula is C21H18N5O3+. The first-order valence-electron chi connectivity index (χ1n) is 8.87. The number of carbonyl (C=O) groups is 1. The number of carbonyl (C=O) groups excluding carboxylic acids is 1. The molecule has 8 nitrogen and oxygen atoms in total. The van der Waals surface area contributed by atoms with E-state index in [0.29, 0.717) is 17.1 Å². The van der Waals surface area contributed by atoms with Gasteiger partial charge in [-0.3, -0.25) is 4.79 Å². The van der Waals surface area contributed by atoms with Gasteiger partial charge >= 0.3 is 5.82 Å². The van der Waals surface area contributed by atoms with Crippen LogP contribution in [-0.4, -0.2) is 32.3 Å². The van der Waals surface area contributed by atoms with E-state index in [1.54, 1.807) is 6.20 Å². The fraction of sp³-hybridized carbons (Fsp3) is 0.0476. The monoisotopic (exact) mass is 388 g/mol. The van der Waals surface area contributed by atoms with Crippen LogP contribution in [-0.2, 0) is 11.3 Å². The number of phenols is 2. The lowest BCUT2D eigenvalue weighted by molar-refractivity contribution is -0.647. The molecule has 8 heteroatoms. The number of hydrogen-bond donors (Lipinski definition) is 4. The second-order valence-corrected chi connectivity index (χ2v) is 6.33. The predicted molar refractivity (Wildman–Crippen MR) is 107 cm³/mol. The average molecular weight is 388 g/mol. The van der Waals surface area contributed by atoms with Crippen LogP contribution in [0.15, 0.2) is 72.0 Å². The van der Waals surface area contributed by atoms with Gasteiger partial charge in [-0.15, -0.1) is 0 Å². The summed E-state index contributed by atoms with van der Waals surface area (Å²) < 4.78 is 1.83. The number of pyridine rings is 1. The number of aromatic hydroxyl groups is 2. The molecular weight excluding hydrogens is 370 g/mol. The van der Waals surface area contributed by atoms with Gasteiger partial charge in [-0.05, 0) is 36.4 Å². The van der Waals surface area contributed by atoms with Crippen LogP contribution >= 0.6 is 0 Å².